The summed E-state index contributed by atoms with van der Waals surface area (Å²) in [6, 6.07) is 0. The molecule has 0 spiro atoms. The minimum atomic E-state index is -1.53. The van der Waals surface area contributed by atoms with Gasteiger partial charge in [-0.05, 0) is 31.6 Å². The Balaban J connectivity index is 5.20. The maximum absolute atomic E-state index is 12.1. The number of hydrogen-bond acceptors (Lipinski definition) is 5. The van der Waals surface area contributed by atoms with Gasteiger partial charge in [0.1, 0.15) is 0 Å². The molecule has 0 saturated heterocycles. The normalized spacial score (nSPS) is 13.8. The first-order valence-electron chi connectivity index (χ1n) is 7.99. The molecule has 1 unspecified atom stereocenters. The number of hydrogen-bond donors (Lipinski definition) is 1. The Kier molecular flexibility index (Phi) is 8.77. The van der Waals surface area contributed by atoms with Gasteiger partial charge in [-0.15, -0.1) is 12.3 Å². The quantitative estimate of drug-likeness (QED) is 0.319. The minimum Gasteiger partial charge on any atom is -0.468 e. The van der Waals surface area contributed by atoms with E-state index in [0.29, 0.717) is 12.8 Å². The van der Waals surface area contributed by atoms with Crippen LogP contribution in [0.2, 0.25) is 0 Å². The van der Waals surface area contributed by atoms with Crippen LogP contribution in [0.3, 0.4) is 0 Å². The van der Waals surface area contributed by atoms with Crippen molar-refractivity contribution in [3.05, 3.63) is 11.6 Å². The van der Waals surface area contributed by atoms with Gasteiger partial charge in [-0.3, -0.25) is 9.59 Å². The van der Waals surface area contributed by atoms with Gasteiger partial charge in [-0.1, -0.05) is 32.4 Å². The summed E-state index contributed by atoms with van der Waals surface area (Å²) < 4.78 is 9.52. The van der Waals surface area contributed by atoms with Gasteiger partial charge in [-0.25, -0.2) is 0 Å². The standard InChI is InChI=1S/C19H30O5/c1-8-12-19(16(21)23-6,17(22)24-7)13-11-14(2)9-10-15(20)18(3,4)5/h1,11,15,20H,9-10,12-13H2,2-7H3/b14-11+. The highest BCUT2D eigenvalue weighted by molar-refractivity contribution is 6.00. The van der Waals surface area contributed by atoms with E-state index in [0.717, 1.165) is 5.57 Å². The predicted octanol–water partition coefficient (Wildman–Crippen LogP) is 2.87. The lowest BCUT2D eigenvalue weighted by Crippen LogP contribution is -2.40. The molecule has 0 aromatic heterocycles. The van der Waals surface area contributed by atoms with Gasteiger partial charge in [0.2, 0.25) is 0 Å². The second-order valence-corrected chi connectivity index (χ2v) is 7.12. The lowest BCUT2D eigenvalue weighted by molar-refractivity contribution is -0.168. The zero-order valence-corrected chi connectivity index (χ0v) is 15.6. The third-order valence-corrected chi connectivity index (χ3v) is 4.17. The third kappa shape index (κ3) is 6.01. The van der Waals surface area contributed by atoms with Crippen LogP contribution in [0.4, 0.5) is 0 Å². The molecule has 0 amide bonds. The number of esters is 2. The van der Waals surface area contributed by atoms with Gasteiger partial charge in [0.05, 0.1) is 20.3 Å². The minimum absolute atomic E-state index is 0.0965. The molecule has 0 bridgehead atoms. The summed E-state index contributed by atoms with van der Waals surface area (Å²) in [5, 5.41) is 10.1. The first kappa shape index (κ1) is 22.2. The number of aliphatic hydroxyl groups excluding tert-OH is 1. The van der Waals surface area contributed by atoms with Crippen molar-refractivity contribution in [1.29, 1.82) is 0 Å². The highest BCUT2D eigenvalue weighted by Gasteiger charge is 2.47. The molecule has 0 aromatic rings. The zero-order chi connectivity index (χ0) is 19.0. The molecule has 136 valence electrons. The van der Waals surface area contributed by atoms with Gasteiger partial charge in [-0.2, -0.15) is 0 Å². The lowest BCUT2D eigenvalue weighted by atomic mass is 9.80. The molecule has 5 heteroatoms. The Morgan fingerprint density at radius 2 is 1.71 bits per heavy atom. The van der Waals surface area contributed by atoms with Crippen LogP contribution in [0, 0.1) is 23.2 Å². The Hall–Kier alpha value is -1.80. The molecule has 24 heavy (non-hydrogen) atoms. The van der Waals surface area contributed by atoms with E-state index in [9.17, 15) is 14.7 Å². The number of terminal acetylenes is 1. The molecule has 5 nitrogen and oxygen atoms in total. The van der Waals surface area contributed by atoms with Crippen molar-refractivity contribution in [2.75, 3.05) is 14.2 Å². The van der Waals surface area contributed by atoms with Crippen molar-refractivity contribution in [3.63, 3.8) is 0 Å². The predicted molar refractivity (Wildman–Crippen MR) is 93.0 cm³/mol. The summed E-state index contributed by atoms with van der Waals surface area (Å²) in [5.41, 5.74) is -0.749. The van der Waals surface area contributed by atoms with Gasteiger partial charge in [0, 0.05) is 6.42 Å². The second-order valence-electron chi connectivity index (χ2n) is 7.12. The van der Waals surface area contributed by atoms with Gasteiger partial charge in [0.15, 0.2) is 5.41 Å². The summed E-state index contributed by atoms with van der Waals surface area (Å²) in [6.45, 7) is 7.82. The maximum Gasteiger partial charge on any atom is 0.324 e. The maximum atomic E-state index is 12.1. The van der Waals surface area contributed by atoms with Crippen LogP contribution in [-0.4, -0.2) is 37.4 Å². The first-order chi connectivity index (χ1) is 11.0. The number of methoxy groups -OCH3 is 2. The van der Waals surface area contributed by atoms with Crippen LogP contribution in [-0.2, 0) is 19.1 Å². The number of allylic oxidation sites excluding steroid dienone is 2. The lowest BCUT2D eigenvalue weighted by Gasteiger charge is -2.26. The molecule has 0 aromatic carbocycles. The highest BCUT2D eigenvalue weighted by Crippen LogP contribution is 2.32. The van der Waals surface area contributed by atoms with E-state index in [1.165, 1.54) is 14.2 Å². The fourth-order valence-electron chi connectivity index (χ4n) is 2.28. The summed E-state index contributed by atoms with van der Waals surface area (Å²) in [5.74, 6) is 0.957. The molecule has 0 saturated carbocycles. The average Bonchev–Trinajstić information content (AvgIpc) is 2.53. The van der Waals surface area contributed by atoms with Crippen LogP contribution >= 0.6 is 0 Å². The molecule has 0 rings (SSSR count). The Morgan fingerprint density at radius 1 is 1.21 bits per heavy atom. The van der Waals surface area contributed by atoms with Crippen molar-refractivity contribution in [3.8, 4) is 12.3 Å². The molecule has 0 fully saturated rings. The van der Waals surface area contributed by atoms with Crippen LogP contribution in [0.1, 0.15) is 53.4 Å². The zero-order valence-electron chi connectivity index (χ0n) is 15.6. The van der Waals surface area contributed by atoms with Crippen LogP contribution < -0.4 is 0 Å². The SMILES string of the molecule is C#CCC(C/C=C(\C)CCC(O)C(C)(C)C)(C(=O)OC)C(=O)OC. The Labute approximate surface area is 145 Å². The molecule has 0 aliphatic heterocycles. The number of ether oxygens (including phenoxy) is 2. The van der Waals surface area contributed by atoms with E-state index in [4.69, 9.17) is 15.9 Å². The fraction of sp³-hybridized carbons (Fsp3) is 0.684. The van der Waals surface area contributed by atoms with Crippen molar-refractivity contribution in [1.82, 2.24) is 0 Å². The van der Waals surface area contributed by atoms with Crippen molar-refractivity contribution < 1.29 is 24.2 Å². The highest BCUT2D eigenvalue weighted by atomic mass is 16.5. The summed E-state index contributed by atoms with van der Waals surface area (Å²) >= 11 is 0. The largest absolute Gasteiger partial charge is 0.468 e. The average molecular weight is 338 g/mol. The third-order valence-electron chi connectivity index (χ3n) is 4.17. The number of aliphatic hydroxyl groups is 1. The Morgan fingerprint density at radius 3 is 2.08 bits per heavy atom. The molecule has 0 heterocycles. The number of carbonyl (C=O) groups excluding carboxylic acids is 2. The van der Waals surface area contributed by atoms with Crippen molar-refractivity contribution >= 4 is 11.9 Å². The number of carbonyl (C=O) groups is 2. The first-order valence-corrected chi connectivity index (χ1v) is 7.99. The van der Waals surface area contributed by atoms with E-state index >= 15 is 0 Å². The van der Waals surface area contributed by atoms with E-state index < -0.39 is 23.5 Å². The van der Waals surface area contributed by atoms with E-state index in [2.05, 4.69) is 5.92 Å². The monoisotopic (exact) mass is 338 g/mol. The summed E-state index contributed by atoms with van der Waals surface area (Å²) in [6.07, 6.45) is 7.96. The topological polar surface area (TPSA) is 72.8 Å². The van der Waals surface area contributed by atoms with Crippen LogP contribution in [0.5, 0.6) is 0 Å². The molecule has 1 N–H and O–H groups in total. The van der Waals surface area contributed by atoms with E-state index in [-0.39, 0.29) is 18.3 Å². The van der Waals surface area contributed by atoms with Gasteiger partial charge in [0.25, 0.3) is 0 Å². The van der Waals surface area contributed by atoms with Crippen LogP contribution in [0.15, 0.2) is 11.6 Å². The van der Waals surface area contributed by atoms with Gasteiger partial charge < -0.3 is 14.6 Å². The molecule has 0 aliphatic carbocycles. The van der Waals surface area contributed by atoms with Crippen molar-refractivity contribution in [2.45, 2.75) is 59.5 Å². The molecular formula is C19H30O5. The van der Waals surface area contributed by atoms with E-state index in [1.807, 2.05) is 27.7 Å². The second kappa shape index (κ2) is 9.48. The molecule has 0 aliphatic rings. The summed E-state index contributed by atoms with van der Waals surface area (Å²) in [7, 11) is 2.43. The Bertz CT molecular complexity index is 489. The number of rotatable bonds is 8. The molecular weight excluding hydrogens is 308 g/mol. The van der Waals surface area contributed by atoms with Crippen molar-refractivity contribution in [2.24, 2.45) is 10.8 Å². The molecule has 0 radical (unpaired) electrons. The van der Waals surface area contributed by atoms with Gasteiger partial charge >= 0.3 is 11.9 Å². The molecule has 1 atom stereocenters. The van der Waals surface area contributed by atoms with E-state index in [1.54, 1.807) is 6.08 Å². The summed E-state index contributed by atoms with van der Waals surface area (Å²) in [4.78, 5) is 24.3. The fourth-order valence-corrected chi connectivity index (χ4v) is 2.28. The smallest absolute Gasteiger partial charge is 0.324 e. The van der Waals surface area contributed by atoms with Crippen LogP contribution in [0.25, 0.3) is 0 Å².